The van der Waals surface area contributed by atoms with Gasteiger partial charge in [-0.05, 0) is 95.0 Å². The first-order valence-corrected chi connectivity index (χ1v) is 13.2. The monoisotopic (exact) mass is 487 g/mol. The van der Waals surface area contributed by atoms with Crippen LogP contribution in [0.2, 0.25) is 0 Å². The highest BCUT2D eigenvalue weighted by atomic mass is 35.5. The second-order valence-electron chi connectivity index (χ2n) is 8.98. The minimum atomic E-state index is 0.714. The van der Waals surface area contributed by atoms with Gasteiger partial charge in [0, 0.05) is 35.7 Å². The van der Waals surface area contributed by atoms with E-state index in [0.29, 0.717) is 6.54 Å². The molecule has 0 aliphatic carbocycles. The van der Waals surface area contributed by atoms with Crippen molar-refractivity contribution < 1.29 is 0 Å². The lowest BCUT2D eigenvalue weighted by Crippen LogP contribution is -2.36. The molecule has 0 unspecified atom stereocenters. The van der Waals surface area contributed by atoms with E-state index in [1.54, 1.807) is 0 Å². The zero-order valence-electron chi connectivity index (χ0n) is 20.5. The molecule has 1 saturated heterocycles. The second-order valence-corrected chi connectivity index (χ2v) is 9.83. The summed E-state index contributed by atoms with van der Waals surface area (Å²) in [5, 5.41) is 4.32. The molecular weight excluding hydrogens is 446 g/mol. The molecular formula is C28H42ClN3S. The fraction of sp³-hybridized carbons (Fsp3) is 0.500. The van der Waals surface area contributed by atoms with Crippen LogP contribution in [0.1, 0.15) is 46.0 Å². The second kappa shape index (κ2) is 15.3. The summed E-state index contributed by atoms with van der Waals surface area (Å²) in [5.74, 6) is 1.82. The molecule has 0 radical (unpaired) electrons. The number of nitrogens with one attached hydrogen (secondary N) is 1. The maximum absolute atomic E-state index is 6.10. The summed E-state index contributed by atoms with van der Waals surface area (Å²) in [7, 11) is 0. The van der Waals surface area contributed by atoms with Crippen LogP contribution in [0.5, 0.6) is 0 Å². The van der Waals surface area contributed by atoms with Gasteiger partial charge in [-0.3, -0.25) is 0 Å². The molecule has 1 aliphatic heterocycles. The Morgan fingerprint density at radius 2 is 1.91 bits per heavy atom. The fourth-order valence-corrected chi connectivity index (χ4v) is 4.42. The third-order valence-electron chi connectivity index (χ3n) is 6.33. The maximum atomic E-state index is 6.10. The molecule has 1 heterocycles. The van der Waals surface area contributed by atoms with Crippen LogP contribution in [-0.4, -0.2) is 43.4 Å². The SMILES string of the molecule is C=C(CC/C(Cl)=C\C)CNC(=C)/C(C)=C/N(CCCN1CCC(CS)CC1)c1ccccc1. The Bertz CT molecular complexity index is 795. The van der Waals surface area contributed by atoms with Crippen molar-refractivity contribution in [3.8, 4) is 0 Å². The highest BCUT2D eigenvalue weighted by Gasteiger charge is 2.17. The highest BCUT2D eigenvalue weighted by Crippen LogP contribution is 2.20. The molecule has 0 bridgehead atoms. The number of thiol groups is 1. The molecule has 0 spiro atoms. The van der Waals surface area contributed by atoms with Crippen molar-refractivity contribution in [3.05, 3.63) is 77.6 Å². The molecule has 5 heteroatoms. The van der Waals surface area contributed by atoms with Crippen LogP contribution in [0.25, 0.3) is 0 Å². The summed E-state index contributed by atoms with van der Waals surface area (Å²) >= 11 is 10.6. The van der Waals surface area contributed by atoms with Crippen molar-refractivity contribution in [2.24, 2.45) is 5.92 Å². The fourth-order valence-electron chi connectivity index (χ4n) is 3.96. The number of hydrogen-bond donors (Lipinski definition) is 2. The van der Waals surface area contributed by atoms with E-state index >= 15 is 0 Å². The summed E-state index contributed by atoms with van der Waals surface area (Å²) in [6.45, 7) is 17.7. The van der Waals surface area contributed by atoms with Crippen LogP contribution in [0.3, 0.4) is 0 Å². The topological polar surface area (TPSA) is 18.5 Å². The van der Waals surface area contributed by atoms with Crippen molar-refractivity contribution >= 4 is 29.9 Å². The van der Waals surface area contributed by atoms with Crippen LogP contribution in [-0.2, 0) is 0 Å². The van der Waals surface area contributed by atoms with E-state index in [-0.39, 0.29) is 0 Å². The lowest BCUT2D eigenvalue weighted by Gasteiger charge is -2.32. The summed E-state index contributed by atoms with van der Waals surface area (Å²) in [4.78, 5) is 4.95. The molecule has 0 atom stereocenters. The number of hydrogen-bond acceptors (Lipinski definition) is 4. The molecule has 0 amide bonds. The molecule has 33 heavy (non-hydrogen) atoms. The first kappa shape index (κ1) is 27.6. The van der Waals surface area contributed by atoms with Crippen molar-refractivity contribution in [1.82, 2.24) is 10.2 Å². The molecule has 1 aliphatic rings. The normalized spacial score (nSPS) is 16.0. The molecule has 3 nitrogen and oxygen atoms in total. The van der Waals surface area contributed by atoms with Crippen molar-refractivity contribution in [2.75, 3.05) is 43.4 Å². The lowest BCUT2D eigenvalue weighted by molar-refractivity contribution is 0.193. The van der Waals surface area contributed by atoms with E-state index in [1.807, 2.05) is 13.0 Å². The van der Waals surface area contributed by atoms with E-state index in [0.717, 1.165) is 65.9 Å². The van der Waals surface area contributed by atoms with Gasteiger partial charge in [0.2, 0.25) is 0 Å². The summed E-state index contributed by atoms with van der Waals surface area (Å²) in [5.41, 5.74) is 4.41. The number of halogens is 1. The van der Waals surface area contributed by atoms with Crippen molar-refractivity contribution in [3.63, 3.8) is 0 Å². The Labute approximate surface area is 212 Å². The van der Waals surface area contributed by atoms with Crippen molar-refractivity contribution in [1.29, 1.82) is 0 Å². The van der Waals surface area contributed by atoms with Gasteiger partial charge in [-0.25, -0.2) is 0 Å². The van der Waals surface area contributed by atoms with Gasteiger partial charge in [0.05, 0.1) is 0 Å². The molecule has 2 rings (SSSR count). The quantitative estimate of drug-likeness (QED) is 0.167. The Balaban J connectivity index is 1.89. The van der Waals surface area contributed by atoms with E-state index in [4.69, 9.17) is 11.6 Å². The van der Waals surface area contributed by atoms with Gasteiger partial charge in [-0.15, -0.1) is 0 Å². The van der Waals surface area contributed by atoms with Crippen LogP contribution >= 0.6 is 24.2 Å². The number of benzene rings is 1. The minimum Gasteiger partial charge on any atom is -0.382 e. The molecule has 1 aromatic carbocycles. The smallest absolute Gasteiger partial charge is 0.0406 e. The number of piperidine rings is 1. The minimum absolute atomic E-state index is 0.714. The zero-order chi connectivity index (χ0) is 24.1. The van der Waals surface area contributed by atoms with E-state index in [2.05, 4.69) is 84.4 Å². The first-order valence-electron chi connectivity index (χ1n) is 12.2. The highest BCUT2D eigenvalue weighted by molar-refractivity contribution is 7.80. The molecule has 1 N–H and O–H groups in total. The molecule has 182 valence electrons. The summed E-state index contributed by atoms with van der Waals surface area (Å²) in [6, 6.07) is 10.6. The third-order valence-corrected chi connectivity index (χ3v) is 7.26. The Morgan fingerprint density at radius 3 is 2.55 bits per heavy atom. The summed E-state index contributed by atoms with van der Waals surface area (Å²) in [6.07, 6.45) is 9.58. The largest absolute Gasteiger partial charge is 0.382 e. The maximum Gasteiger partial charge on any atom is 0.0406 e. The number of para-hydroxylation sites is 1. The van der Waals surface area contributed by atoms with E-state index in [1.165, 1.54) is 31.6 Å². The average Bonchev–Trinajstić information content (AvgIpc) is 2.85. The Hall–Kier alpha value is -1.62. The predicted molar refractivity (Wildman–Crippen MR) is 150 cm³/mol. The lowest BCUT2D eigenvalue weighted by atomic mass is 9.99. The van der Waals surface area contributed by atoms with Crippen LogP contribution in [0.4, 0.5) is 5.69 Å². The predicted octanol–water partition coefficient (Wildman–Crippen LogP) is 7.01. The number of nitrogens with zero attached hydrogens (tertiary/aromatic N) is 2. The van der Waals surface area contributed by atoms with Crippen molar-refractivity contribution in [2.45, 2.75) is 46.0 Å². The van der Waals surface area contributed by atoms with Gasteiger partial charge >= 0.3 is 0 Å². The third kappa shape index (κ3) is 10.5. The van der Waals surface area contributed by atoms with Gasteiger partial charge in [-0.1, -0.05) is 54.6 Å². The molecule has 0 aromatic heterocycles. The van der Waals surface area contributed by atoms with Gasteiger partial charge in [0.15, 0.2) is 0 Å². The number of likely N-dealkylation sites (tertiary alicyclic amines) is 1. The standard InChI is InChI=1S/C28H42ClN3S/c1-5-27(29)13-12-23(2)20-30-25(4)24(3)21-32(28-10-7-6-8-11-28)17-9-16-31-18-14-26(22-33)15-19-31/h5-8,10-11,21,26,30,33H,2,4,9,12-20,22H2,1,3H3/b24-21+,27-5+. The zero-order valence-corrected chi connectivity index (χ0v) is 22.2. The Morgan fingerprint density at radius 1 is 1.21 bits per heavy atom. The summed E-state index contributed by atoms with van der Waals surface area (Å²) < 4.78 is 0. The number of rotatable bonds is 14. The van der Waals surface area contributed by atoms with E-state index < -0.39 is 0 Å². The molecule has 1 aromatic rings. The number of anilines is 1. The van der Waals surface area contributed by atoms with Crippen LogP contribution in [0.15, 0.2) is 77.6 Å². The average molecular weight is 488 g/mol. The Kier molecular flexibility index (Phi) is 12.8. The molecule has 1 fully saturated rings. The van der Waals surface area contributed by atoms with Gasteiger partial charge in [-0.2, -0.15) is 12.6 Å². The van der Waals surface area contributed by atoms with Gasteiger partial charge in [0.1, 0.15) is 0 Å². The van der Waals surface area contributed by atoms with Gasteiger partial charge < -0.3 is 15.1 Å². The van der Waals surface area contributed by atoms with Gasteiger partial charge in [0.25, 0.3) is 0 Å². The van der Waals surface area contributed by atoms with Crippen LogP contribution in [0, 0.1) is 5.92 Å². The van der Waals surface area contributed by atoms with Crippen LogP contribution < -0.4 is 10.2 Å². The number of allylic oxidation sites excluding steroid dienone is 3. The molecule has 0 saturated carbocycles. The van der Waals surface area contributed by atoms with E-state index in [9.17, 15) is 0 Å². The first-order chi connectivity index (χ1) is 15.9.